The fraction of sp³-hybridized carbons (Fsp3) is 0.614. The Morgan fingerprint density at radius 2 is 1.19 bits per heavy atom. The van der Waals surface area contributed by atoms with E-state index in [-0.39, 0.29) is 49.5 Å². The maximum atomic E-state index is 12.6. The van der Waals surface area contributed by atoms with Gasteiger partial charge in [-0.15, -0.1) is 0 Å². The molecule has 0 aliphatic rings. The Balaban J connectivity index is 4.60. The topological polar surface area (TPSA) is 102 Å². The molecule has 8 heteroatoms. The molecule has 0 saturated heterocycles. The summed E-state index contributed by atoms with van der Waals surface area (Å²) in [6.45, 7) is 4.36. The van der Waals surface area contributed by atoms with Crippen LogP contribution in [-0.4, -0.2) is 75.5 Å². The van der Waals surface area contributed by atoms with Gasteiger partial charge in [0.05, 0.1) is 40.3 Å². The van der Waals surface area contributed by atoms with Crippen LogP contribution in [0.1, 0.15) is 123 Å². The first kappa shape index (κ1) is 48.5. The molecule has 2 atom stereocenters. The Morgan fingerprint density at radius 3 is 1.83 bits per heavy atom. The average Bonchev–Trinajstić information content (AvgIpc) is 3.09. The lowest BCUT2D eigenvalue weighted by Gasteiger charge is -2.34. The average molecular weight is 726 g/mol. The molecule has 294 valence electrons. The number of hydrogen-bond donors (Lipinski definition) is 0. The van der Waals surface area contributed by atoms with E-state index < -0.39 is 24.1 Å². The summed E-state index contributed by atoms with van der Waals surface area (Å²) in [4.78, 5) is 36.7. The third-order valence-corrected chi connectivity index (χ3v) is 8.16. The Bertz CT molecular complexity index is 1120. The third kappa shape index (κ3) is 32.4. The standard InChI is InChI=1S/C44H71NO7/c1-6-8-10-12-14-16-18-20-21-23-24-26-28-30-32-34-42(46)51-39-40(38-50-37-36-41(44(48)49)45(3,4)5)52-43(47)35-33-31-29-27-25-22-19-17-15-13-11-9-7-2/h8,10,12,14,16,18,20-25,29,31,40-41H,6-7,9,11,13,15,17,19,26-28,30,32-39H2,1-5H3/b10-8+,14-12+,18-16+,21-20+,24-23+,25-22+,31-29+. The number of hydrogen-bond acceptors (Lipinski definition) is 7. The van der Waals surface area contributed by atoms with E-state index in [9.17, 15) is 19.5 Å². The molecule has 0 fully saturated rings. The van der Waals surface area contributed by atoms with Crippen LogP contribution in [0.2, 0.25) is 0 Å². The number of carboxylic acids is 1. The monoisotopic (exact) mass is 726 g/mol. The normalized spacial score (nSPS) is 13.9. The third-order valence-electron chi connectivity index (χ3n) is 8.16. The second-order valence-corrected chi connectivity index (χ2v) is 13.9. The lowest BCUT2D eigenvalue weighted by molar-refractivity contribution is -0.889. The summed E-state index contributed by atoms with van der Waals surface area (Å²) < 4.78 is 17.0. The number of ether oxygens (including phenoxy) is 3. The molecule has 2 unspecified atom stereocenters. The van der Waals surface area contributed by atoms with Crippen molar-refractivity contribution in [1.29, 1.82) is 0 Å². The second-order valence-electron chi connectivity index (χ2n) is 13.9. The van der Waals surface area contributed by atoms with Crippen LogP contribution in [0.4, 0.5) is 0 Å². The van der Waals surface area contributed by atoms with Crippen LogP contribution in [0.25, 0.3) is 0 Å². The minimum Gasteiger partial charge on any atom is -0.544 e. The number of aliphatic carboxylic acids is 1. The van der Waals surface area contributed by atoms with Crippen LogP contribution in [0.15, 0.2) is 85.1 Å². The van der Waals surface area contributed by atoms with E-state index in [0.717, 1.165) is 38.5 Å². The van der Waals surface area contributed by atoms with Crippen molar-refractivity contribution >= 4 is 17.9 Å². The van der Waals surface area contributed by atoms with Crippen molar-refractivity contribution < 1.29 is 38.2 Å². The van der Waals surface area contributed by atoms with Gasteiger partial charge in [-0.25, -0.2) is 0 Å². The molecule has 0 aromatic rings. The molecule has 0 aromatic heterocycles. The molecule has 0 radical (unpaired) electrons. The first-order valence-electron chi connectivity index (χ1n) is 19.7. The number of esters is 2. The van der Waals surface area contributed by atoms with Gasteiger partial charge in [-0.2, -0.15) is 0 Å². The van der Waals surface area contributed by atoms with Crippen molar-refractivity contribution in [2.75, 3.05) is 41.0 Å². The Morgan fingerprint density at radius 1 is 0.615 bits per heavy atom. The minimum absolute atomic E-state index is 0.00125. The van der Waals surface area contributed by atoms with E-state index in [0.29, 0.717) is 12.8 Å². The summed E-state index contributed by atoms with van der Waals surface area (Å²) >= 11 is 0. The van der Waals surface area contributed by atoms with E-state index in [2.05, 4.69) is 38.2 Å². The smallest absolute Gasteiger partial charge is 0.306 e. The Labute approximate surface area is 316 Å². The molecule has 0 saturated carbocycles. The number of carbonyl (C=O) groups is 3. The number of unbranched alkanes of at least 4 members (excludes halogenated alkanes) is 9. The molecule has 0 aliphatic heterocycles. The highest BCUT2D eigenvalue weighted by atomic mass is 16.6. The van der Waals surface area contributed by atoms with E-state index in [1.54, 1.807) is 21.1 Å². The molecular formula is C44H71NO7. The van der Waals surface area contributed by atoms with Crippen LogP contribution in [0.3, 0.4) is 0 Å². The van der Waals surface area contributed by atoms with Crippen molar-refractivity contribution in [1.82, 2.24) is 0 Å². The number of rotatable bonds is 33. The Hall–Kier alpha value is -3.49. The van der Waals surface area contributed by atoms with Crippen molar-refractivity contribution in [2.45, 2.75) is 135 Å². The minimum atomic E-state index is -1.14. The molecule has 8 nitrogen and oxygen atoms in total. The van der Waals surface area contributed by atoms with Crippen molar-refractivity contribution in [3.63, 3.8) is 0 Å². The highest BCUT2D eigenvalue weighted by molar-refractivity contribution is 5.70. The van der Waals surface area contributed by atoms with E-state index in [1.807, 2.05) is 60.8 Å². The molecule has 0 spiro atoms. The molecule has 0 rings (SSSR count). The van der Waals surface area contributed by atoms with E-state index in [1.165, 1.54) is 38.5 Å². The zero-order valence-corrected chi connectivity index (χ0v) is 33.2. The highest BCUT2D eigenvalue weighted by Gasteiger charge is 2.25. The number of carboxylic acid groups (broad SMARTS) is 1. The van der Waals surface area contributed by atoms with Gasteiger partial charge in [-0.05, 0) is 51.4 Å². The van der Waals surface area contributed by atoms with Gasteiger partial charge in [0, 0.05) is 19.3 Å². The van der Waals surface area contributed by atoms with Gasteiger partial charge in [0.2, 0.25) is 0 Å². The molecule has 0 aliphatic carbocycles. The molecule has 0 amide bonds. The number of allylic oxidation sites excluding steroid dienone is 14. The summed E-state index contributed by atoms with van der Waals surface area (Å²) in [7, 11) is 5.35. The van der Waals surface area contributed by atoms with Gasteiger partial charge >= 0.3 is 11.9 Å². The highest BCUT2D eigenvalue weighted by Crippen LogP contribution is 2.10. The molecule has 0 bridgehead atoms. The summed E-state index contributed by atoms with van der Waals surface area (Å²) in [5.41, 5.74) is 0. The predicted molar refractivity (Wildman–Crippen MR) is 212 cm³/mol. The molecular weight excluding hydrogens is 654 g/mol. The SMILES string of the molecule is CC/C=C/C=C/C=C/C=C/C=C/CCCCCC(=O)OCC(COCCC(C(=O)[O-])[N+](C)(C)C)OC(=O)CC/C=C/C/C=C/CCCCCCCC. The van der Waals surface area contributed by atoms with Crippen molar-refractivity contribution in [2.24, 2.45) is 0 Å². The lowest BCUT2D eigenvalue weighted by Crippen LogP contribution is -2.55. The van der Waals surface area contributed by atoms with Gasteiger partial charge in [0.15, 0.2) is 6.10 Å². The fourth-order valence-corrected chi connectivity index (χ4v) is 5.08. The summed E-state index contributed by atoms with van der Waals surface area (Å²) in [6, 6.07) is -0.745. The van der Waals surface area contributed by atoms with Crippen LogP contribution in [0.5, 0.6) is 0 Å². The Kier molecular flexibility index (Phi) is 32.3. The van der Waals surface area contributed by atoms with Crippen molar-refractivity contribution in [3.8, 4) is 0 Å². The van der Waals surface area contributed by atoms with E-state index in [4.69, 9.17) is 14.2 Å². The zero-order chi connectivity index (χ0) is 38.5. The fourth-order valence-electron chi connectivity index (χ4n) is 5.08. The number of quaternary nitrogens is 1. The number of likely N-dealkylation sites (N-methyl/N-ethyl adjacent to an activating group) is 1. The maximum Gasteiger partial charge on any atom is 0.306 e. The first-order valence-corrected chi connectivity index (χ1v) is 19.7. The summed E-state index contributed by atoms with van der Waals surface area (Å²) in [6.07, 6.45) is 43.4. The van der Waals surface area contributed by atoms with Crippen LogP contribution in [0, 0.1) is 0 Å². The van der Waals surface area contributed by atoms with Crippen LogP contribution < -0.4 is 5.11 Å². The molecule has 0 N–H and O–H groups in total. The quantitative estimate of drug-likeness (QED) is 0.0219. The van der Waals surface area contributed by atoms with Gasteiger partial charge in [-0.3, -0.25) is 9.59 Å². The summed E-state index contributed by atoms with van der Waals surface area (Å²) in [5, 5.41) is 11.6. The van der Waals surface area contributed by atoms with Crippen LogP contribution in [-0.2, 0) is 28.6 Å². The number of nitrogens with zero attached hydrogens (tertiary/aromatic N) is 1. The number of carbonyl (C=O) groups excluding carboxylic acids is 3. The molecule has 0 aromatic carbocycles. The largest absolute Gasteiger partial charge is 0.544 e. The molecule has 0 heterocycles. The first-order chi connectivity index (χ1) is 25.1. The predicted octanol–water partition coefficient (Wildman–Crippen LogP) is 8.85. The van der Waals surface area contributed by atoms with Gasteiger partial charge in [0.1, 0.15) is 12.6 Å². The van der Waals surface area contributed by atoms with E-state index >= 15 is 0 Å². The molecule has 52 heavy (non-hydrogen) atoms. The van der Waals surface area contributed by atoms with Gasteiger partial charge in [-0.1, -0.05) is 137 Å². The van der Waals surface area contributed by atoms with Gasteiger partial charge < -0.3 is 28.6 Å². The van der Waals surface area contributed by atoms with Gasteiger partial charge in [0.25, 0.3) is 0 Å². The maximum absolute atomic E-state index is 12.6. The summed E-state index contributed by atoms with van der Waals surface area (Å²) in [5.74, 6) is -1.89. The van der Waals surface area contributed by atoms with Crippen molar-refractivity contribution in [3.05, 3.63) is 85.1 Å². The zero-order valence-electron chi connectivity index (χ0n) is 33.2. The second kappa shape index (κ2) is 34.6. The lowest BCUT2D eigenvalue weighted by atomic mass is 10.1. The van der Waals surface area contributed by atoms with Crippen LogP contribution >= 0.6 is 0 Å².